The number of phenols is 1. The van der Waals surface area contributed by atoms with E-state index in [1.54, 1.807) is 17.0 Å². The summed E-state index contributed by atoms with van der Waals surface area (Å²) >= 11 is 1.90. The van der Waals surface area contributed by atoms with Crippen LogP contribution in [0.15, 0.2) is 78.9 Å². The average molecular weight is 845 g/mol. The van der Waals surface area contributed by atoms with Crippen LogP contribution in [0.25, 0.3) is 0 Å². The molecule has 2 aliphatic heterocycles. The summed E-state index contributed by atoms with van der Waals surface area (Å²) in [7, 11) is 0. The molecule has 324 valence electrons. The molecular formula is C45H60N6O8S. The number of urea groups is 1. The Morgan fingerprint density at radius 3 is 2.28 bits per heavy atom. The lowest BCUT2D eigenvalue weighted by Crippen LogP contribution is -2.45. The smallest absolute Gasteiger partial charge is 0.315 e. The van der Waals surface area contributed by atoms with E-state index in [1.165, 1.54) is 0 Å². The summed E-state index contributed by atoms with van der Waals surface area (Å²) in [5, 5.41) is 25.3. The van der Waals surface area contributed by atoms with E-state index in [2.05, 4.69) is 26.6 Å². The number of aromatic hydroxyl groups is 1. The molecule has 6 rings (SSSR count). The molecule has 6 N–H and O–H groups in total. The van der Waals surface area contributed by atoms with Gasteiger partial charge in [0.05, 0.1) is 38.5 Å². The minimum Gasteiger partial charge on any atom is -0.508 e. The van der Waals surface area contributed by atoms with Crippen molar-refractivity contribution in [1.29, 1.82) is 0 Å². The lowest BCUT2D eigenvalue weighted by atomic mass is 10.0. The van der Waals surface area contributed by atoms with Crippen molar-refractivity contribution >= 4 is 35.5 Å². The Bertz CT molecular complexity index is 1800. The van der Waals surface area contributed by atoms with Crippen molar-refractivity contribution in [3.63, 3.8) is 0 Å². The first kappa shape index (κ1) is 44.7. The van der Waals surface area contributed by atoms with Crippen molar-refractivity contribution < 1.29 is 38.5 Å². The Balaban J connectivity index is 0.827. The number of aryl methyl sites for hydroxylation is 1. The van der Waals surface area contributed by atoms with Crippen LogP contribution in [0.2, 0.25) is 0 Å². The predicted octanol–water partition coefficient (Wildman–Crippen LogP) is 4.22. The average Bonchev–Trinajstić information content (AvgIpc) is 3.93. The van der Waals surface area contributed by atoms with Crippen molar-refractivity contribution in [3.05, 3.63) is 95.6 Å². The molecule has 4 atom stereocenters. The van der Waals surface area contributed by atoms with E-state index in [-0.39, 0.29) is 54.0 Å². The van der Waals surface area contributed by atoms with Crippen LogP contribution in [0, 0.1) is 0 Å². The fourth-order valence-electron chi connectivity index (χ4n) is 7.48. The third-order valence-corrected chi connectivity index (χ3v) is 12.3. The second-order valence-corrected chi connectivity index (χ2v) is 16.7. The van der Waals surface area contributed by atoms with Crippen LogP contribution in [0.4, 0.5) is 4.79 Å². The number of rotatable bonds is 27. The molecule has 3 aliphatic rings. The standard InChI is InChI=1S/C45H60N6O8S/c52-36-17-10-32(11-18-36)12-21-41(54)51(35-15-16-35)43(44(55)48-30-33-6-2-1-3-7-33)34-13-19-37(20-14-34)59-27-23-46-22-25-57-28-29-58-26-24-47-40(53)9-5-4-8-39-42-38(31-60-39)49-45(56)50-42/h1-3,6-7,10-11,13-14,17-20,35,38-39,42-43,46,52H,4-5,8-9,12,15-16,21-31H2,(H,47,53)(H,48,55)(H2,49,50,56)/t38-,39-,42-,43?/m0/s1. The molecule has 1 aliphatic carbocycles. The third kappa shape index (κ3) is 14.4. The topological polar surface area (TPSA) is 180 Å². The molecule has 2 saturated heterocycles. The molecule has 2 heterocycles. The normalized spacial score (nSPS) is 18.5. The number of hydrogen-bond acceptors (Lipinski definition) is 10. The predicted molar refractivity (Wildman–Crippen MR) is 231 cm³/mol. The second-order valence-electron chi connectivity index (χ2n) is 15.4. The highest BCUT2D eigenvalue weighted by Gasteiger charge is 2.43. The van der Waals surface area contributed by atoms with Crippen molar-refractivity contribution in [2.45, 2.75) is 87.3 Å². The minimum atomic E-state index is -0.783. The maximum absolute atomic E-state index is 13.9. The fraction of sp³-hybridized carbons (Fsp3) is 0.511. The zero-order valence-corrected chi connectivity index (χ0v) is 35.1. The second kappa shape index (κ2) is 23.8. The van der Waals surface area contributed by atoms with Gasteiger partial charge < -0.3 is 50.8 Å². The maximum atomic E-state index is 13.9. The number of hydrogen-bond donors (Lipinski definition) is 6. The van der Waals surface area contributed by atoms with E-state index >= 15 is 0 Å². The monoisotopic (exact) mass is 844 g/mol. The molecule has 5 amide bonds. The number of carbonyl (C=O) groups is 4. The van der Waals surface area contributed by atoms with Crippen molar-refractivity contribution in [2.75, 3.05) is 58.4 Å². The Kier molecular flexibility index (Phi) is 17.8. The minimum absolute atomic E-state index is 0.00205. The Hall–Kier alpha value is -4.83. The third-order valence-electron chi connectivity index (χ3n) is 10.8. The van der Waals surface area contributed by atoms with Gasteiger partial charge in [0.2, 0.25) is 17.7 Å². The first-order chi connectivity index (χ1) is 29.3. The molecule has 0 radical (unpaired) electrons. The van der Waals surface area contributed by atoms with E-state index in [4.69, 9.17) is 14.2 Å². The molecule has 0 bridgehead atoms. The summed E-state index contributed by atoms with van der Waals surface area (Å²) in [4.78, 5) is 53.1. The molecule has 3 fully saturated rings. The van der Waals surface area contributed by atoms with Gasteiger partial charge in [0, 0.05) is 56.1 Å². The van der Waals surface area contributed by atoms with E-state index in [0.717, 1.165) is 54.5 Å². The summed E-state index contributed by atoms with van der Waals surface area (Å²) in [6.07, 6.45) is 5.76. The van der Waals surface area contributed by atoms with Crippen LogP contribution in [0.3, 0.4) is 0 Å². The van der Waals surface area contributed by atoms with Crippen molar-refractivity contribution in [1.82, 2.24) is 31.5 Å². The number of phenolic OH excluding ortho intramolecular Hbond substituents is 1. The van der Waals surface area contributed by atoms with E-state index in [1.807, 2.05) is 78.5 Å². The van der Waals surface area contributed by atoms with Gasteiger partial charge in [-0.1, -0.05) is 61.0 Å². The van der Waals surface area contributed by atoms with Gasteiger partial charge in [0.25, 0.3) is 0 Å². The van der Waals surface area contributed by atoms with Crippen LogP contribution >= 0.6 is 11.8 Å². The first-order valence-corrected chi connectivity index (χ1v) is 22.3. The number of unbranched alkanes of at least 4 members (excludes halogenated alkanes) is 1. The van der Waals surface area contributed by atoms with Gasteiger partial charge in [-0.2, -0.15) is 11.8 Å². The number of nitrogens with zero attached hydrogens (tertiary/aromatic N) is 1. The summed E-state index contributed by atoms with van der Waals surface area (Å²) in [5.74, 6) is 1.53. The zero-order valence-electron chi connectivity index (χ0n) is 34.3. The Morgan fingerprint density at radius 2 is 1.53 bits per heavy atom. The number of thioether (sulfide) groups is 1. The van der Waals surface area contributed by atoms with Crippen molar-refractivity contribution in [2.24, 2.45) is 0 Å². The molecule has 3 aromatic rings. The van der Waals surface area contributed by atoms with Gasteiger partial charge in [-0.25, -0.2) is 4.79 Å². The molecule has 1 unspecified atom stereocenters. The van der Waals surface area contributed by atoms with Gasteiger partial charge in [0.15, 0.2) is 0 Å². The molecule has 15 heteroatoms. The van der Waals surface area contributed by atoms with Crippen molar-refractivity contribution in [3.8, 4) is 11.5 Å². The Morgan fingerprint density at radius 1 is 0.800 bits per heavy atom. The maximum Gasteiger partial charge on any atom is 0.315 e. The molecule has 60 heavy (non-hydrogen) atoms. The quantitative estimate of drug-likeness (QED) is 0.0481. The van der Waals surface area contributed by atoms with Gasteiger partial charge in [-0.15, -0.1) is 0 Å². The zero-order chi connectivity index (χ0) is 41.9. The lowest BCUT2D eigenvalue weighted by Gasteiger charge is -2.32. The van der Waals surface area contributed by atoms with E-state index in [9.17, 15) is 24.3 Å². The summed E-state index contributed by atoms with van der Waals surface area (Å²) in [5.41, 5.74) is 2.65. The lowest BCUT2D eigenvalue weighted by molar-refractivity contribution is -0.141. The number of fused-ring (bicyclic) bond motifs is 1. The highest BCUT2D eigenvalue weighted by molar-refractivity contribution is 8.00. The number of carbonyl (C=O) groups excluding carboxylic acids is 4. The van der Waals surface area contributed by atoms with E-state index < -0.39 is 6.04 Å². The van der Waals surface area contributed by atoms with Gasteiger partial charge in [-0.3, -0.25) is 14.4 Å². The van der Waals surface area contributed by atoms with Crippen LogP contribution in [-0.4, -0.2) is 116 Å². The molecule has 3 aromatic carbocycles. The number of benzene rings is 3. The molecule has 0 spiro atoms. The summed E-state index contributed by atoms with van der Waals surface area (Å²) in [6, 6.07) is 23.6. The molecular weight excluding hydrogens is 785 g/mol. The first-order valence-electron chi connectivity index (χ1n) is 21.3. The largest absolute Gasteiger partial charge is 0.508 e. The van der Waals surface area contributed by atoms with E-state index in [0.29, 0.717) is 83.1 Å². The van der Waals surface area contributed by atoms with Crippen LogP contribution in [-0.2, 0) is 36.8 Å². The van der Waals surface area contributed by atoms with Gasteiger partial charge in [0.1, 0.15) is 24.1 Å². The van der Waals surface area contributed by atoms with Crippen LogP contribution < -0.4 is 31.3 Å². The molecule has 0 aromatic heterocycles. The van der Waals surface area contributed by atoms with Gasteiger partial charge >= 0.3 is 6.03 Å². The SMILES string of the molecule is O=C(CCCC[C@@H]1SC[C@@H]2NC(=O)N[C@@H]21)NCCOCCOCCNCCOc1ccc(C(C(=O)NCc2ccccc2)N(C(=O)CCc2ccc(O)cc2)C2CC2)cc1. The summed E-state index contributed by atoms with van der Waals surface area (Å²) in [6.45, 7) is 4.41. The fourth-order valence-corrected chi connectivity index (χ4v) is 9.02. The number of nitrogens with one attached hydrogen (secondary N) is 5. The molecule has 14 nitrogen and oxygen atoms in total. The van der Waals surface area contributed by atoms with Crippen LogP contribution in [0.5, 0.6) is 11.5 Å². The molecule has 1 saturated carbocycles. The highest BCUT2D eigenvalue weighted by Crippen LogP contribution is 2.36. The Labute approximate surface area is 357 Å². The number of amides is 5. The van der Waals surface area contributed by atoms with Crippen LogP contribution in [0.1, 0.15) is 67.7 Å². The van der Waals surface area contributed by atoms with Gasteiger partial charge in [-0.05, 0) is 73.1 Å². The summed E-state index contributed by atoms with van der Waals surface area (Å²) < 4.78 is 17.2. The highest BCUT2D eigenvalue weighted by atomic mass is 32.2. The number of ether oxygens (including phenoxy) is 3.